The number of aromatic nitrogens is 1. The zero-order chi connectivity index (χ0) is 37.4. The van der Waals surface area contributed by atoms with Crippen LogP contribution in [0.4, 0.5) is 11.4 Å². The summed E-state index contributed by atoms with van der Waals surface area (Å²) in [7, 11) is 2.40. The van der Waals surface area contributed by atoms with Crippen LogP contribution in [0.5, 0.6) is 0 Å². The lowest BCUT2D eigenvalue weighted by molar-refractivity contribution is 0.590. The average molecular weight is 728 g/mol. The van der Waals surface area contributed by atoms with Crippen LogP contribution in [0.2, 0.25) is 0 Å². The molecule has 0 unspecified atom stereocenters. The lowest BCUT2D eigenvalue weighted by Gasteiger charge is -2.26. The Labute approximate surface area is 325 Å². The standard InChI is InChI=1S/C50H40BN2OS/c1-49(2,3)28-15-18-30(19-16-28)52-40-22-17-29(50(4,5)6)23-35(40)33-20-21-34-36-26-46-38(32-12-8-10-14-45(32)55-46)25-41(36)53-42-24-37-31-11-7-9-13-43(31)54-44(37)27-39(42)51-47(33)48(34)53/h7-27,52H,1-6H3. The molecule has 265 valence electrons. The minimum absolute atomic E-state index is 0.0183. The van der Waals surface area contributed by atoms with Crippen LogP contribution in [0.15, 0.2) is 132 Å². The van der Waals surface area contributed by atoms with Gasteiger partial charge in [-0.2, -0.15) is 0 Å². The molecule has 10 aromatic rings. The molecule has 11 rings (SSSR count). The minimum atomic E-state index is -0.0183. The van der Waals surface area contributed by atoms with Crippen LogP contribution < -0.4 is 16.2 Å². The van der Waals surface area contributed by atoms with E-state index in [1.165, 1.54) is 75.4 Å². The van der Waals surface area contributed by atoms with E-state index in [0.717, 1.165) is 38.8 Å². The minimum Gasteiger partial charge on any atom is -0.456 e. The van der Waals surface area contributed by atoms with Crippen molar-refractivity contribution in [2.75, 3.05) is 5.32 Å². The first-order valence-electron chi connectivity index (χ1n) is 19.2. The second-order valence-electron chi connectivity index (χ2n) is 17.3. The fourth-order valence-electron chi connectivity index (χ4n) is 8.77. The van der Waals surface area contributed by atoms with Crippen molar-refractivity contribution in [1.29, 1.82) is 0 Å². The number of nitrogens with one attached hydrogen (secondary N) is 1. The number of benzene rings is 7. The summed E-state index contributed by atoms with van der Waals surface area (Å²) in [5.74, 6) is 0. The van der Waals surface area contributed by atoms with E-state index in [4.69, 9.17) is 4.42 Å². The van der Waals surface area contributed by atoms with Gasteiger partial charge < -0.3 is 14.3 Å². The number of anilines is 2. The third-order valence-electron chi connectivity index (χ3n) is 11.7. The summed E-state index contributed by atoms with van der Waals surface area (Å²) in [5, 5.41) is 11.3. The van der Waals surface area contributed by atoms with Crippen molar-refractivity contribution in [2.24, 2.45) is 0 Å². The van der Waals surface area contributed by atoms with E-state index >= 15 is 0 Å². The quantitative estimate of drug-likeness (QED) is 0.184. The molecule has 0 aliphatic carbocycles. The van der Waals surface area contributed by atoms with Crippen LogP contribution in [0.1, 0.15) is 52.7 Å². The van der Waals surface area contributed by atoms with Gasteiger partial charge in [-0.25, -0.2) is 0 Å². The molecule has 0 spiro atoms. The van der Waals surface area contributed by atoms with Crippen molar-refractivity contribution in [3.63, 3.8) is 0 Å². The van der Waals surface area contributed by atoms with Crippen LogP contribution >= 0.6 is 11.3 Å². The number of nitrogens with zero attached hydrogens (tertiary/aromatic N) is 1. The van der Waals surface area contributed by atoms with E-state index in [1.54, 1.807) is 0 Å². The van der Waals surface area contributed by atoms with Gasteiger partial charge in [-0.15, -0.1) is 11.3 Å². The Morgan fingerprint density at radius 3 is 2.11 bits per heavy atom. The topological polar surface area (TPSA) is 30.1 Å². The van der Waals surface area contributed by atoms with Gasteiger partial charge in [0, 0.05) is 69.9 Å². The predicted octanol–water partition coefficient (Wildman–Crippen LogP) is 13.0. The Kier molecular flexibility index (Phi) is 6.75. The summed E-state index contributed by atoms with van der Waals surface area (Å²) in [4.78, 5) is 0. The molecule has 0 bridgehead atoms. The molecule has 1 radical (unpaired) electrons. The van der Waals surface area contributed by atoms with E-state index in [1.807, 2.05) is 11.3 Å². The number of thiophene rings is 1. The highest BCUT2D eigenvalue weighted by Crippen LogP contribution is 2.44. The average Bonchev–Trinajstić information content (AvgIpc) is 3.82. The summed E-state index contributed by atoms with van der Waals surface area (Å²) in [5.41, 5.74) is 15.1. The molecule has 0 fully saturated rings. The molecule has 3 nitrogen and oxygen atoms in total. The number of furan rings is 1. The highest BCUT2D eigenvalue weighted by molar-refractivity contribution is 7.25. The number of rotatable bonds is 3. The molecular formula is C50H40BN2OS. The second-order valence-corrected chi connectivity index (χ2v) is 18.4. The molecule has 55 heavy (non-hydrogen) atoms. The SMILES string of the molecule is CC(C)(C)c1ccc(Nc2ccc(C(C)(C)C)cc2-c2ccc3c4cc5sc6ccccc6c5cc4n4c3c2[B]c2cc3oc5ccccc5c3cc2-4)cc1. The Morgan fingerprint density at radius 1 is 0.564 bits per heavy atom. The third-order valence-corrected chi connectivity index (χ3v) is 12.9. The number of fused-ring (bicyclic) bond motifs is 11. The van der Waals surface area contributed by atoms with Crippen LogP contribution in [-0.4, -0.2) is 11.8 Å². The van der Waals surface area contributed by atoms with Gasteiger partial charge >= 0.3 is 0 Å². The largest absolute Gasteiger partial charge is 0.456 e. The van der Waals surface area contributed by atoms with E-state index in [0.29, 0.717) is 0 Å². The van der Waals surface area contributed by atoms with Gasteiger partial charge in [0.05, 0.1) is 5.52 Å². The molecule has 7 aromatic carbocycles. The van der Waals surface area contributed by atoms with Crippen molar-refractivity contribution < 1.29 is 4.42 Å². The molecule has 1 aliphatic heterocycles. The molecule has 0 amide bonds. The Morgan fingerprint density at radius 2 is 1.31 bits per heavy atom. The van der Waals surface area contributed by atoms with Gasteiger partial charge in [-0.05, 0) is 93.6 Å². The highest BCUT2D eigenvalue weighted by atomic mass is 32.1. The van der Waals surface area contributed by atoms with Crippen molar-refractivity contribution >= 4 is 105 Å². The normalized spacial score (nSPS) is 13.1. The number of para-hydroxylation sites is 1. The van der Waals surface area contributed by atoms with E-state index in [9.17, 15) is 0 Å². The zero-order valence-corrected chi connectivity index (χ0v) is 32.8. The zero-order valence-electron chi connectivity index (χ0n) is 32.0. The molecule has 0 atom stereocenters. The molecular weight excluding hydrogens is 687 g/mol. The Bertz CT molecular complexity index is 3220. The summed E-state index contributed by atoms with van der Waals surface area (Å²) in [6.07, 6.45) is 0. The van der Waals surface area contributed by atoms with Gasteiger partial charge in [-0.3, -0.25) is 0 Å². The maximum Gasteiger partial charge on any atom is 0.198 e. The Hall–Kier alpha value is -5.78. The molecule has 4 heterocycles. The van der Waals surface area contributed by atoms with E-state index in [2.05, 4.69) is 186 Å². The molecule has 5 heteroatoms. The van der Waals surface area contributed by atoms with Crippen LogP contribution in [-0.2, 0) is 10.8 Å². The maximum atomic E-state index is 6.49. The molecule has 3 aromatic heterocycles. The summed E-state index contributed by atoms with van der Waals surface area (Å²) >= 11 is 1.88. The van der Waals surface area contributed by atoms with Gasteiger partial charge in [0.1, 0.15) is 11.2 Å². The van der Waals surface area contributed by atoms with Gasteiger partial charge in [-0.1, -0.05) is 114 Å². The lowest BCUT2D eigenvalue weighted by Crippen LogP contribution is -2.37. The van der Waals surface area contributed by atoms with Gasteiger partial charge in [0.25, 0.3) is 0 Å². The maximum absolute atomic E-state index is 6.49. The molecule has 1 aliphatic rings. The fraction of sp³-hybridized carbons (Fsp3) is 0.160. The summed E-state index contributed by atoms with van der Waals surface area (Å²) in [6.45, 7) is 13.7. The van der Waals surface area contributed by atoms with E-state index < -0.39 is 0 Å². The van der Waals surface area contributed by atoms with Crippen molar-refractivity contribution in [1.82, 2.24) is 4.57 Å². The third kappa shape index (κ3) is 4.95. The molecule has 1 N–H and O–H groups in total. The van der Waals surface area contributed by atoms with E-state index in [-0.39, 0.29) is 10.8 Å². The van der Waals surface area contributed by atoms with Crippen molar-refractivity contribution in [3.05, 3.63) is 139 Å². The predicted molar refractivity (Wildman–Crippen MR) is 239 cm³/mol. The first-order valence-corrected chi connectivity index (χ1v) is 20.1. The van der Waals surface area contributed by atoms with Crippen molar-refractivity contribution in [2.45, 2.75) is 52.4 Å². The van der Waals surface area contributed by atoms with Crippen LogP contribution in [0.25, 0.3) is 80.7 Å². The first-order chi connectivity index (χ1) is 26.5. The summed E-state index contributed by atoms with van der Waals surface area (Å²) in [6, 6.07) is 47.3. The monoisotopic (exact) mass is 727 g/mol. The lowest BCUT2D eigenvalue weighted by atomic mass is 9.59. The van der Waals surface area contributed by atoms with Crippen LogP contribution in [0.3, 0.4) is 0 Å². The molecule has 0 saturated heterocycles. The fourth-order valence-corrected chi connectivity index (χ4v) is 9.90. The Balaban J connectivity index is 1.20. The van der Waals surface area contributed by atoms with Crippen LogP contribution in [0, 0.1) is 0 Å². The smallest absolute Gasteiger partial charge is 0.198 e. The highest BCUT2D eigenvalue weighted by Gasteiger charge is 2.29. The summed E-state index contributed by atoms with van der Waals surface area (Å²) < 4.78 is 11.7. The first kappa shape index (κ1) is 32.6. The van der Waals surface area contributed by atoms with Crippen molar-refractivity contribution in [3.8, 4) is 16.8 Å². The second kappa shape index (κ2) is 11.4. The van der Waals surface area contributed by atoms with Gasteiger partial charge in [0.2, 0.25) is 0 Å². The molecule has 0 saturated carbocycles. The number of hydrogen-bond donors (Lipinski definition) is 1. The number of hydrogen-bond acceptors (Lipinski definition) is 3. The van der Waals surface area contributed by atoms with Gasteiger partial charge in [0.15, 0.2) is 7.28 Å².